The standard InChI is InChI=1S/C15H16N2O2S/c18-20(19,12-13-6-2-1-3-7-13)17(14-9-10-14)15-8-4-5-11-16-15/h1-8,11,14H,9-10,12H2. The van der Waals surface area contributed by atoms with E-state index in [0.717, 1.165) is 18.4 Å². The monoisotopic (exact) mass is 288 g/mol. The summed E-state index contributed by atoms with van der Waals surface area (Å²) >= 11 is 0. The maximum absolute atomic E-state index is 12.7. The van der Waals surface area contributed by atoms with Gasteiger partial charge in [0, 0.05) is 12.2 Å². The van der Waals surface area contributed by atoms with Crippen LogP contribution in [0.2, 0.25) is 0 Å². The molecule has 2 aromatic rings. The van der Waals surface area contributed by atoms with E-state index in [-0.39, 0.29) is 11.8 Å². The lowest BCUT2D eigenvalue weighted by atomic mass is 10.2. The lowest BCUT2D eigenvalue weighted by molar-refractivity contribution is 0.589. The van der Waals surface area contributed by atoms with E-state index in [1.165, 1.54) is 4.31 Å². The maximum atomic E-state index is 12.7. The summed E-state index contributed by atoms with van der Waals surface area (Å²) in [6, 6.07) is 14.7. The van der Waals surface area contributed by atoms with Crippen LogP contribution in [0.4, 0.5) is 5.82 Å². The van der Waals surface area contributed by atoms with Crippen LogP contribution in [0, 0.1) is 0 Å². The number of benzene rings is 1. The summed E-state index contributed by atoms with van der Waals surface area (Å²) in [7, 11) is -3.39. The van der Waals surface area contributed by atoms with Crippen molar-refractivity contribution in [1.82, 2.24) is 4.98 Å². The number of pyridine rings is 1. The van der Waals surface area contributed by atoms with Crippen LogP contribution in [0.25, 0.3) is 0 Å². The van der Waals surface area contributed by atoms with Gasteiger partial charge < -0.3 is 0 Å². The second-order valence-corrected chi connectivity index (χ2v) is 6.80. The Labute approximate surface area is 119 Å². The number of hydrogen-bond acceptors (Lipinski definition) is 3. The predicted molar refractivity (Wildman–Crippen MR) is 78.8 cm³/mol. The minimum Gasteiger partial charge on any atom is -0.250 e. The first-order valence-corrected chi connectivity index (χ1v) is 8.25. The third-order valence-corrected chi connectivity index (χ3v) is 5.03. The summed E-state index contributed by atoms with van der Waals surface area (Å²) in [5, 5.41) is 0. The zero-order chi connectivity index (χ0) is 14.0. The molecular weight excluding hydrogens is 272 g/mol. The van der Waals surface area contributed by atoms with Crippen molar-refractivity contribution in [2.24, 2.45) is 0 Å². The van der Waals surface area contributed by atoms with Crippen LogP contribution < -0.4 is 4.31 Å². The largest absolute Gasteiger partial charge is 0.250 e. The highest BCUT2D eigenvalue weighted by Crippen LogP contribution is 2.34. The maximum Gasteiger partial charge on any atom is 0.240 e. The fourth-order valence-electron chi connectivity index (χ4n) is 2.20. The molecule has 1 aliphatic carbocycles. The van der Waals surface area contributed by atoms with E-state index in [2.05, 4.69) is 4.98 Å². The van der Waals surface area contributed by atoms with Gasteiger partial charge in [0.25, 0.3) is 0 Å². The average Bonchev–Trinajstić information content (AvgIpc) is 3.25. The number of hydrogen-bond donors (Lipinski definition) is 0. The molecule has 104 valence electrons. The van der Waals surface area contributed by atoms with E-state index < -0.39 is 10.0 Å². The Bertz CT molecular complexity index is 668. The smallest absolute Gasteiger partial charge is 0.240 e. The molecule has 0 spiro atoms. The van der Waals surface area contributed by atoms with Crippen LogP contribution in [-0.4, -0.2) is 19.4 Å². The average molecular weight is 288 g/mol. The number of rotatable bonds is 5. The number of nitrogens with zero attached hydrogens (tertiary/aromatic N) is 2. The van der Waals surface area contributed by atoms with Gasteiger partial charge in [-0.25, -0.2) is 13.4 Å². The second-order valence-electron chi connectivity index (χ2n) is 4.96. The minimum absolute atomic E-state index is 0.0148. The van der Waals surface area contributed by atoms with Crippen LogP contribution in [0.3, 0.4) is 0 Å². The summed E-state index contributed by atoms with van der Waals surface area (Å²) in [4.78, 5) is 4.19. The first-order chi connectivity index (χ1) is 9.67. The Morgan fingerprint density at radius 3 is 2.35 bits per heavy atom. The molecule has 1 aromatic heterocycles. The van der Waals surface area contributed by atoms with Crippen LogP contribution >= 0.6 is 0 Å². The molecule has 3 rings (SSSR count). The van der Waals surface area contributed by atoms with Crippen molar-refractivity contribution < 1.29 is 8.42 Å². The third kappa shape index (κ3) is 2.82. The van der Waals surface area contributed by atoms with Crippen molar-refractivity contribution in [3.05, 3.63) is 60.3 Å². The molecule has 0 amide bonds. The molecule has 4 nitrogen and oxygen atoms in total. The molecule has 0 saturated heterocycles. The topological polar surface area (TPSA) is 50.3 Å². The van der Waals surface area contributed by atoms with E-state index >= 15 is 0 Å². The van der Waals surface area contributed by atoms with Crippen molar-refractivity contribution in [1.29, 1.82) is 0 Å². The van der Waals surface area contributed by atoms with Gasteiger partial charge in [-0.1, -0.05) is 36.4 Å². The molecule has 1 fully saturated rings. The highest BCUT2D eigenvalue weighted by atomic mass is 32.2. The first kappa shape index (κ1) is 13.1. The molecule has 0 aliphatic heterocycles. The summed E-state index contributed by atoms with van der Waals surface area (Å²) < 4.78 is 26.8. The highest BCUT2D eigenvalue weighted by molar-refractivity contribution is 7.92. The Balaban J connectivity index is 1.91. The Morgan fingerprint density at radius 2 is 1.75 bits per heavy atom. The van der Waals surface area contributed by atoms with Crippen molar-refractivity contribution in [3.63, 3.8) is 0 Å². The summed E-state index contributed by atoms with van der Waals surface area (Å²) in [5.41, 5.74) is 0.800. The SMILES string of the molecule is O=S(=O)(Cc1ccccc1)N(c1ccccn1)C1CC1. The van der Waals surface area contributed by atoms with E-state index in [0.29, 0.717) is 5.82 Å². The fourth-order valence-corrected chi connectivity index (χ4v) is 4.02. The van der Waals surface area contributed by atoms with Gasteiger partial charge in [-0.3, -0.25) is 4.31 Å². The zero-order valence-corrected chi connectivity index (χ0v) is 11.8. The van der Waals surface area contributed by atoms with E-state index in [4.69, 9.17) is 0 Å². The molecular formula is C15H16N2O2S. The van der Waals surface area contributed by atoms with Crippen molar-refractivity contribution >= 4 is 15.8 Å². The molecule has 0 bridgehead atoms. The van der Waals surface area contributed by atoms with Gasteiger partial charge in [-0.05, 0) is 30.5 Å². The molecule has 20 heavy (non-hydrogen) atoms. The summed E-state index contributed by atoms with van der Waals surface area (Å²) in [6.07, 6.45) is 3.44. The van der Waals surface area contributed by atoms with Gasteiger partial charge in [0.05, 0.1) is 5.75 Å². The molecule has 1 aromatic carbocycles. The van der Waals surface area contributed by atoms with E-state index in [9.17, 15) is 8.42 Å². The Kier molecular flexibility index (Phi) is 3.44. The van der Waals surface area contributed by atoms with E-state index in [1.54, 1.807) is 18.3 Å². The van der Waals surface area contributed by atoms with Crippen LogP contribution in [-0.2, 0) is 15.8 Å². The molecule has 0 radical (unpaired) electrons. The highest BCUT2D eigenvalue weighted by Gasteiger charge is 2.38. The molecule has 0 unspecified atom stereocenters. The first-order valence-electron chi connectivity index (χ1n) is 6.64. The predicted octanol–water partition coefficient (Wildman–Crippen LogP) is 2.58. The summed E-state index contributed by atoms with van der Waals surface area (Å²) in [5.74, 6) is 0.534. The number of anilines is 1. The Hall–Kier alpha value is -1.88. The molecule has 5 heteroatoms. The van der Waals surface area contributed by atoms with Crippen LogP contribution in [0.5, 0.6) is 0 Å². The van der Waals surface area contributed by atoms with Gasteiger partial charge in [0.1, 0.15) is 5.82 Å². The van der Waals surface area contributed by atoms with Gasteiger partial charge in [-0.2, -0.15) is 0 Å². The van der Waals surface area contributed by atoms with Crippen molar-refractivity contribution in [2.45, 2.75) is 24.6 Å². The van der Waals surface area contributed by atoms with E-state index in [1.807, 2.05) is 36.4 Å². The number of sulfonamides is 1. The molecule has 0 N–H and O–H groups in total. The van der Waals surface area contributed by atoms with Crippen molar-refractivity contribution in [3.8, 4) is 0 Å². The lowest BCUT2D eigenvalue weighted by Crippen LogP contribution is -2.34. The third-order valence-electron chi connectivity index (χ3n) is 3.25. The van der Waals surface area contributed by atoms with Gasteiger partial charge in [-0.15, -0.1) is 0 Å². The minimum atomic E-state index is -3.39. The summed E-state index contributed by atoms with van der Waals surface area (Å²) in [6.45, 7) is 0. The Morgan fingerprint density at radius 1 is 1.05 bits per heavy atom. The molecule has 1 saturated carbocycles. The fraction of sp³-hybridized carbons (Fsp3) is 0.267. The zero-order valence-electron chi connectivity index (χ0n) is 11.0. The van der Waals surface area contributed by atoms with Gasteiger partial charge in [0.15, 0.2) is 0 Å². The lowest BCUT2D eigenvalue weighted by Gasteiger charge is -2.23. The van der Waals surface area contributed by atoms with Gasteiger partial charge >= 0.3 is 0 Å². The molecule has 0 atom stereocenters. The normalized spacial score (nSPS) is 15.0. The quantitative estimate of drug-likeness (QED) is 0.849. The van der Waals surface area contributed by atoms with Crippen LogP contribution in [0.15, 0.2) is 54.7 Å². The molecule has 1 aliphatic rings. The van der Waals surface area contributed by atoms with Gasteiger partial charge in [0.2, 0.25) is 10.0 Å². The second kappa shape index (κ2) is 5.25. The molecule has 1 heterocycles. The van der Waals surface area contributed by atoms with Crippen LogP contribution in [0.1, 0.15) is 18.4 Å². The number of aromatic nitrogens is 1. The van der Waals surface area contributed by atoms with Crippen molar-refractivity contribution in [2.75, 3.05) is 4.31 Å².